The number of benzene rings is 2. The largest absolute Gasteiger partial charge is 0.388 e. The fraction of sp³-hybridized carbons (Fsp3) is 0.250. The van der Waals surface area contributed by atoms with Crippen LogP contribution in [-0.2, 0) is 24.4 Å². The summed E-state index contributed by atoms with van der Waals surface area (Å²) in [4.78, 5) is 0. The first kappa shape index (κ1) is 12.3. The van der Waals surface area contributed by atoms with Gasteiger partial charge in [-0.15, -0.1) is 0 Å². The Morgan fingerprint density at radius 3 is 2.58 bits per heavy atom. The van der Waals surface area contributed by atoms with Gasteiger partial charge >= 0.3 is 0 Å². The molecule has 2 aromatic rings. The van der Waals surface area contributed by atoms with Gasteiger partial charge in [-0.2, -0.15) is 0 Å². The average molecular weight is 258 g/mol. The van der Waals surface area contributed by atoms with Crippen LogP contribution in [0.1, 0.15) is 28.4 Å². The fourth-order valence-corrected chi connectivity index (χ4v) is 2.36. The van der Waals surface area contributed by atoms with Crippen molar-refractivity contribution in [1.29, 1.82) is 0 Å². The third-order valence-corrected chi connectivity index (χ3v) is 3.47. The normalized spacial score (nSPS) is 15.3. The van der Waals surface area contributed by atoms with E-state index in [2.05, 4.69) is 0 Å². The van der Waals surface area contributed by atoms with Gasteiger partial charge in [-0.3, -0.25) is 0 Å². The second-order valence-electron chi connectivity index (χ2n) is 4.87. The SMILES string of the molecule is OC(Cc1ccc(F)cc1)c1ccc2c(c1)COC2. The smallest absolute Gasteiger partial charge is 0.123 e. The Balaban J connectivity index is 1.76. The van der Waals surface area contributed by atoms with Crippen molar-refractivity contribution in [1.82, 2.24) is 0 Å². The van der Waals surface area contributed by atoms with Crippen LogP contribution in [-0.4, -0.2) is 5.11 Å². The third-order valence-electron chi connectivity index (χ3n) is 3.47. The summed E-state index contributed by atoms with van der Waals surface area (Å²) < 4.78 is 18.2. The van der Waals surface area contributed by atoms with Crippen LogP contribution >= 0.6 is 0 Å². The van der Waals surface area contributed by atoms with Gasteiger partial charge in [0.05, 0.1) is 19.3 Å². The number of hydrogen-bond donors (Lipinski definition) is 1. The zero-order chi connectivity index (χ0) is 13.2. The number of hydrogen-bond acceptors (Lipinski definition) is 2. The molecule has 1 aliphatic rings. The van der Waals surface area contributed by atoms with Crippen molar-refractivity contribution in [2.75, 3.05) is 0 Å². The zero-order valence-corrected chi connectivity index (χ0v) is 10.5. The first-order valence-corrected chi connectivity index (χ1v) is 6.34. The van der Waals surface area contributed by atoms with Gasteiger partial charge < -0.3 is 9.84 Å². The van der Waals surface area contributed by atoms with E-state index in [1.807, 2.05) is 18.2 Å². The number of aliphatic hydroxyl groups excluding tert-OH is 1. The van der Waals surface area contributed by atoms with Crippen LogP contribution < -0.4 is 0 Å². The van der Waals surface area contributed by atoms with Gasteiger partial charge in [0, 0.05) is 6.42 Å². The molecule has 0 bridgehead atoms. The minimum absolute atomic E-state index is 0.257. The van der Waals surface area contributed by atoms with Crippen molar-refractivity contribution < 1.29 is 14.2 Å². The standard InChI is InChI=1S/C16H15FO2/c17-15-5-1-11(2-6-15)7-16(18)12-3-4-13-9-19-10-14(13)8-12/h1-6,8,16,18H,7,9-10H2. The Morgan fingerprint density at radius 1 is 1.05 bits per heavy atom. The highest BCUT2D eigenvalue weighted by atomic mass is 19.1. The van der Waals surface area contributed by atoms with Gasteiger partial charge in [-0.05, 0) is 34.4 Å². The summed E-state index contributed by atoms with van der Waals surface area (Å²) >= 11 is 0. The monoisotopic (exact) mass is 258 g/mol. The van der Waals surface area contributed by atoms with E-state index in [1.54, 1.807) is 12.1 Å². The molecule has 1 unspecified atom stereocenters. The lowest BCUT2D eigenvalue weighted by Gasteiger charge is -2.12. The molecule has 1 heterocycles. The maximum atomic E-state index is 12.8. The van der Waals surface area contributed by atoms with Gasteiger partial charge in [-0.25, -0.2) is 4.39 Å². The van der Waals surface area contributed by atoms with E-state index < -0.39 is 6.10 Å². The number of halogens is 1. The van der Waals surface area contributed by atoms with Crippen LogP contribution in [0, 0.1) is 5.82 Å². The summed E-state index contributed by atoms with van der Waals surface area (Å²) in [7, 11) is 0. The maximum Gasteiger partial charge on any atom is 0.123 e. The molecule has 0 saturated heterocycles. The lowest BCUT2D eigenvalue weighted by molar-refractivity contribution is 0.134. The quantitative estimate of drug-likeness (QED) is 0.916. The van der Waals surface area contributed by atoms with Gasteiger partial charge in [0.1, 0.15) is 5.82 Å². The molecule has 98 valence electrons. The van der Waals surface area contributed by atoms with Crippen molar-refractivity contribution in [3.8, 4) is 0 Å². The van der Waals surface area contributed by atoms with E-state index in [0.29, 0.717) is 19.6 Å². The third kappa shape index (κ3) is 2.67. The summed E-state index contributed by atoms with van der Waals surface area (Å²) in [5.41, 5.74) is 4.15. The molecule has 1 N–H and O–H groups in total. The van der Waals surface area contributed by atoms with Crippen LogP contribution in [0.2, 0.25) is 0 Å². The molecule has 0 saturated carbocycles. The Morgan fingerprint density at radius 2 is 1.79 bits per heavy atom. The highest BCUT2D eigenvalue weighted by molar-refractivity contribution is 5.34. The lowest BCUT2D eigenvalue weighted by atomic mass is 9.98. The number of rotatable bonds is 3. The van der Waals surface area contributed by atoms with Crippen LogP contribution in [0.3, 0.4) is 0 Å². The molecular weight excluding hydrogens is 243 g/mol. The first-order valence-electron chi connectivity index (χ1n) is 6.34. The Bertz CT molecular complexity index is 578. The fourth-order valence-electron chi connectivity index (χ4n) is 2.36. The molecule has 2 aromatic carbocycles. The van der Waals surface area contributed by atoms with Crippen LogP contribution in [0.5, 0.6) is 0 Å². The van der Waals surface area contributed by atoms with Crippen molar-refractivity contribution in [2.45, 2.75) is 25.7 Å². The molecule has 0 aromatic heterocycles. The van der Waals surface area contributed by atoms with Crippen molar-refractivity contribution in [3.63, 3.8) is 0 Å². The number of ether oxygens (including phenoxy) is 1. The molecule has 0 fully saturated rings. The van der Waals surface area contributed by atoms with Crippen LogP contribution in [0.4, 0.5) is 4.39 Å². The Hall–Kier alpha value is -1.71. The summed E-state index contributed by atoms with van der Waals surface area (Å²) in [6.07, 6.45) is -0.0868. The molecule has 3 rings (SSSR count). The molecule has 1 atom stereocenters. The predicted octanol–water partition coefficient (Wildman–Crippen LogP) is 3.13. The summed E-state index contributed by atoms with van der Waals surface area (Å²) in [6.45, 7) is 1.27. The average Bonchev–Trinajstić information content (AvgIpc) is 2.88. The Labute approximate surface area is 111 Å². The van der Waals surface area contributed by atoms with E-state index in [9.17, 15) is 9.50 Å². The number of aliphatic hydroxyl groups is 1. The molecule has 0 spiro atoms. The highest BCUT2D eigenvalue weighted by Crippen LogP contribution is 2.25. The highest BCUT2D eigenvalue weighted by Gasteiger charge is 2.15. The van der Waals surface area contributed by atoms with E-state index in [-0.39, 0.29) is 5.82 Å². The van der Waals surface area contributed by atoms with Gasteiger partial charge in [0.2, 0.25) is 0 Å². The number of fused-ring (bicyclic) bond motifs is 1. The van der Waals surface area contributed by atoms with Crippen molar-refractivity contribution in [2.24, 2.45) is 0 Å². The molecule has 0 radical (unpaired) electrons. The summed E-state index contributed by atoms with van der Waals surface area (Å²) in [5, 5.41) is 10.2. The predicted molar refractivity (Wildman–Crippen MR) is 70.0 cm³/mol. The molecule has 3 heteroatoms. The topological polar surface area (TPSA) is 29.5 Å². The van der Waals surface area contributed by atoms with E-state index in [1.165, 1.54) is 17.7 Å². The van der Waals surface area contributed by atoms with Crippen LogP contribution in [0.15, 0.2) is 42.5 Å². The molecule has 2 nitrogen and oxygen atoms in total. The molecule has 0 amide bonds. The van der Waals surface area contributed by atoms with Gasteiger partial charge in [0.15, 0.2) is 0 Å². The molecule has 19 heavy (non-hydrogen) atoms. The van der Waals surface area contributed by atoms with Crippen LogP contribution in [0.25, 0.3) is 0 Å². The second kappa shape index (κ2) is 5.11. The second-order valence-corrected chi connectivity index (χ2v) is 4.87. The molecule has 1 aliphatic heterocycles. The van der Waals surface area contributed by atoms with E-state index >= 15 is 0 Å². The maximum absolute atomic E-state index is 12.8. The molecule has 0 aliphatic carbocycles. The Kier molecular flexibility index (Phi) is 3.32. The summed E-state index contributed by atoms with van der Waals surface area (Å²) in [5.74, 6) is -0.257. The van der Waals surface area contributed by atoms with Gasteiger partial charge in [0.25, 0.3) is 0 Å². The molecular formula is C16H15FO2. The van der Waals surface area contributed by atoms with Crippen molar-refractivity contribution >= 4 is 0 Å². The van der Waals surface area contributed by atoms with E-state index in [4.69, 9.17) is 4.74 Å². The van der Waals surface area contributed by atoms with E-state index in [0.717, 1.165) is 16.7 Å². The minimum Gasteiger partial charge on any atom is -0.388 e. The summed E-state index contributed by atoms with van der Waals surface area (Å²) in [6, 6.07) is 12.2. The lowest BCUT2D eigenvalue weighted by Crippen LogP contribution is -2.02. The first-order chi connectivity index (χ1) is 9.22. The van der Waals surface area contributed by atoms with Gasteiger partial charge in [-0.1, -0.05) is 30.3 Å². The zero-order valence-electron chi connectivity index (χ0n) is 10.5. The minimum atomic E-state index is -0.573. The van der Waals surface area contributed by atoms with Crippen molar-refractivity contribution in [3.05, 3.63) is 70.5 Å².